The molecule has 0 aliphatic carbocycles. The lowest BCUT2D eigenvalue weighted by atomic mass is 10.2. The van der Waals surface area contributed by atoms with E-state index in [0.717, 1.165) is 30.9 Å². The predicted molar refractivity (Wildman–Crippen MR) is 67.6 cm³/mol. The summed E-state index contributed by atoms with van der Waals surface area (Å²) < 4.78 is 0. The zero-order valence-corrected chi connectivity index (χ0v) is 10.1. The highest BCUT2D eigenvalue weighted by Gasteiger charge is 2.06. The van der Waals surface area contributed by atoms with Crippen LogP contribution in [0.15, 0.2) is 31.0 Å². The summed E-state index contributed by atoms with van der Waals surface area (Å²) in [6.07, 6.45) is 4.22. The van der Waals surface area contributed by atoms with Crippen molar-refractivity contribution in [2.75, 3.05) is 18.0 Å². The second-order valence-corrected chi connectivity index (χ2v) is 3.86. The number of pyridine rings is 1. The molecule has 0 spiro atoms. The second-order valence-electron chi connectivity index (χ2n) is 3.86. The average Bonchev–Trinajstić information content (AvgIpc) is 2.29. The maximum atomic E-state index is 9.39. The summed E-state index contributed by atoms with van der Waals surface area (Å²) in [4.78, 5) is 6.52. The lowest BCUT2D eigenvalue weighted by Crippen LogP contribution is -2.24. The molecule has 1 N–H and O–H groups in total. The Morgan fingerprint density at radius 1 is 1.56 bits per heavy atom. The van der Waals surface area contributed by atoms with Gasteiger partial charge < -0.3 is 10.0 Å². The molecule has 1 heterocycles. The van der Waals surface area contributed by atoms with Gasteiger partial charge in [0, 0.05) is 19.3 Å². The van der Waals surface area contributed by atoms with Crippen LogP contribution in [0.5, 0.6) is 0 Å². The number of anilines is 1. The summed E-state index contributed by atoms with van der Waals surface area (Å²) in [5.74, 6) is 0.936. The van der Waals surface area contributed by atoms with Gasteiger partial charge in [0.1, 0.15) is 5.82 Å². The van der Waals surface area contributed by atoms with Gasteiger partial charge in [0.05, 0.1) is 6.10 Å². The predicted octanol–water partition coefficient (Wildman–Crippen LogP) is 2.54. The quantitative estimate of drug-likeness (QED) is 0.748. The van der Waals surface area contributed by atoms with E-state index >= 15 is 0 Å². The van der Waals surface area contributed by atoms with Crippen molar-refractivity contribution in [2.45, 2.75) is 26.4 Å². The first kappa shape index (κ1) is 12.7. The van der Waals surface area contributed by atoms with Gasteiger partial charge in [-0.25, -0.2) is 4.98 Å². The first-order valence-corrected chi connectivity index (χ1v) is 5.69. The van der Waals surface area contributed by atoms with Crippen LogP contribution in [0.25, 0.3) is 0 Å². The number of aliphatic hydroxyl groups is 1. The van der Waals surface area contributed by atoms with E-state index in [1.54, 1.807) is 13.1 Å². The largest absolute Gasteiger partial charge is 0.389 e. The van der Waals surface area contributed by atoms with Crippen LogP contribution in [0.1, 0.15) is 31.9 Å². The molecular weight excluding hydrogens is 200 g/mol. The maximum Gasteiger partial charge on any atom is 0.128 e. The number of aliphatic hydroxyl groups excluding tert-OH is 1. The van der Waals surface area contributed by atoms with E-state index in [0.29, 0.717) is 0 Å². The van der Waals surface area contributed by atoms with Crippen LogP contribution in [0, 0.1) is 0 Å². The third-order valence-electron chi connectivity index (χ3n) is 2.42. The van der Waals surface area contributed by atoms with E-state index in [4.69, 9.17) is 0 Å². The Kier molecular flexibility index (Phi) is 4.99. The molecule has 88 valence electrons. The molecule has 0 amide bonds. The summed E-state index contributed by atoms with van der Waals surface area (Å²) in [7, 11) is 0. The number of hydrogen-bond acceptors (Lipinski definition) is 3. The lowest BCUT2D eigenvalue weighted by Gasteiger charge is -2.21. The second kappa shape index (κ2) is 6.28. The molecule has 1 atom stereocenters. The van der Waals surface area contributed by atoms with Crippen molar-refractivity contribution in [2.24, 2.45) is 0 Å². The van der Waals surface area contributed by atoms with Gasteiger partial charge in [-0.2, -0.15) is 0 Å². The van der Waals surface area contributed by atoms with E-state index in [1.807, 2.05) is 18.2 Å². The molecule has 1 aromatic heterocycles. The van der Waals surface area contributed by atoms with Gasteiger partial charge in [0.2, 0.25) is 0 Å². The monoisotopic (exact) mass is 220 g/mol. The van der Waals surface area contributed by atoms with Crippen LogP contribution >= 0.6 is 0 Å². The summed E-state index contributed by atoms with van der Waals surface area (Å²) >= 11 is 0. The van der Waals surface area contributed by atoms with Crippen molar-refractivity contribution in [1.29, 1.82) is 0 Å². The molecule has 0 aliphatic heterocycles. The molecule has 0 aromatic carbocycles. The van der Waals surface area contributed by atoms with Crippen LogP contribution in [-0.2, 0) is 0 Å². The number of hydrogen-bond donors (Lipinski definition) is 1. The van der Waals surface area contributed by atoms with Gasteiger partial charge in [-0.1, -0.05) is 19.1 Å². The van der Waals surface area contributed by atoms with Crippen LogP contribution in [0.3, 0.4) is 0 Å². The van der Waals surface area contributed by atoms with Crippen molar-refractivity contribution in [1.82, 2.24) is 4.98 Å². The van der Waals surface area contributed by atoms with E-state index < -0.39 is 6.10 Å². The molecule has 0 radical (unpaired) electrons. The minimum Gasteiger partial charge on any atom is -0.389 e. The van der Waals surface area contributed by atoms with Crippen LogP contribution in [0.4, 0.5) is 5.82 Å². The molecule has 0 saturated carbocycles. The van der Waals surface area contributed by atoms with Crippen molar-refractivity contribution in [3.8, 4) is 0 Å². The Labute approximate surface area is 97.4 Å². The van der Waals surface area contributed by atoms with Gasteiger partial charge >= 0.3 is 0 Å². The zero-order valence-electron chi connectivity index (χ0n) is 10.1. The number of nitrogens with zero attached hydrogens (tertiary/aromatic N) is 2. The third-order valence-corrected chi connectivity index (χ3v) is 2.42. The highest BCUT2D eigenvalue weighted by atomic mass is 16.3. The van der Waals surface area contributed by atoms with Gasteiger partial charge in [0.25, 0.3) is 0 Å². The Bertz CT molecular complexity index is 319. The molecule has 1 aromatic rings. The maximum absolute atomic E-state index is 9.39. The van der Waals surface area contributed by atoms with Crippen LogP contribution in [0.2, 0.25) is 0 Å². The Morgan fingerprint density at radius 3 is 2.75 bits per heavy atom. The number of rotatable bonds is 6. The Hall–Kier alpha value is -1.35. The molecule has 0 aliphatic rings. The zero-order chi connectivity index (χ0) is 12.0. The molecule has 1 rings (SSSR count). The Morgan fingerprint density at radius 2 is 2.31 bits per heavy atom. The molecular formula is C13H20N2O. The summed E-state index contributed by atoms with van der Waals surface area (Å²) in [6.45, 7) is 9.39. The van der Waals surface area contributed by atoms with Gasteiger partial charge in [-0.15, -0.1) is 6.58 Å². The molecule has 0 fully saturated rings. The van der Waals surface area contributed by atoms with Crippen molar-refractivity contribution in [3.05, 3.63) is 36.5 Å². The first-order valence-electron chi connectivity index (χ1n) is 5.69. The standard InChI is InChI=1S/C13H20N2O/c1-4-8-15(9-5-2)13-7-6-12(10-14-13)11(3)16/h4,6-7,10-11,16H,1,5,8-9H2,2-3H3. The summed E-state index contributed by atoms with van der Waals surface area (Å²) in [5.41, 5.74) is 0.846. The fourth-order valence-corrected chi connectivity index (χ4v) is 1.56. The van der Waals surface area contributed by atoms with Gasteiger partial charge in [0.15, 0.2) is 0 Å². The lowest BCUT2D eigenvalue weighted by molar-refractivity contribution is 0.199. The fraction of sp³-hybridized carbons (Fsp3) is 0.462. The first-order chi connectivity index (χ1) is 7.69. The van der Waals surface area contributed by atoms with Crippen LogP contribution < -0.4 is 4.90 Å². The fourth-order valence-electron chi connectivity index (χ4n) is 1.56. The van der Waals surface area contributed by atoms with E-state index in [1.165, 1.54) is 0 Å². The molecule has 3 nitrogen and oxygen atoms in total. The minimum atomic E-state index is -0.458. The molecule has 0 bridgehead atoms. The number of aromatic nitrogens is 1. The summed E-state index contributed by atoms with van der Waals surface area (Å²) in [5, 5.41) is 9.39. The van der Waals surface area contributed by atoms with E-state index in [9.17, 15) is 5.11 Å². The Balaban J connectivity index is 2.80. The van der Waals surface area contributed by atoms with Gasteiger partial charge in [-0.05, 0) is 25.0 Å². The minimum absolute atomic E-state index is 0.458. The molecule has 1 unspecified atom stereocenters. The topological polar surface area (TPSA) is 36.4 Å². The SMILES string of the molecule is C=CCN(CCC)c1ccc(C(C)O)cn1. The highest BCUT2D eigenvalue weighted by Crippen LogP contribution is 2.15. The normalized spacial score (nSPS) is 12.2. The molecule has 3 heteroatoms. The highest BCUT2D eigenvalue weighted by molar-refractivity contribution is 5.40. The third kappa shape index (κ3) is 3.35. The molecule has 16 heavy (non-hydrogen) atoms. The van der Waals surface area contributed by atoms with E-state index in [-0.39, 0.29) is 0 Å². The van der Waals surface area contributed by atoms with Crippen molar-refractivity contribution >= 4 is 5.82 Å². The van der Waals surface area contributed by atoms with Gasteiger partial charge in [-0.3, -0.25) is 0 Å². The van der Waals surface area contributed by atoms with Crippen molar-refractivity contribution in [3.63, 3.8) is 0 Å². The summed E-state index contributed by atoms with van der Waals surface area (Å²) in [6, 6.07) is 3.86. The molecule has 0 saturated heterocycles. The van der Waals surface area contributed by atoms with E-state index in [2.05, 4.69) is 23.4 Å². The van der Waals surface area contributed by atoms with Crippen LogP contribution in [-0.4, -0.2) is 23.2 Å². The average molecular weight is 220 g/mol. The van der Waals surface area contributed by atoms with Crippen molar-refractivity contribution < 1.29 is 5.11 Å². The smallest absolute Gasteiger partial charge is 0.128 e.